The van der Waals surface area contributed by atoms with E-state index in [4.69, 9.17) is 4.42 Å². The molecule has 3 heteroatoms. The van der Waals surface area contributed by atoms with Gasteiger partial charge in [0.15, 0.2) is 5.58 Å². The highest BCUT2D eigenvalue weighted by Gasteiger charge is 2.09. The Bertz CT molecular complexity index is 746. The van der Waals surface area contributed by atoms with Gasteiger partial charge in [-0.05, 0) is 23.8 Å². The maximum Gasteiger partial charge on any atom is 0.238 e. The molecule has 19 heavy (non-hydrogen) atoms. The second-order valence-electron chi connectivity index (χ2n) is 4.07. The van der Waals surface area contributed by atoms with Gasteiger partial charge >= 0.3 is 0 Å². The lowest BCUT2D eigenvalue weighted by Gasteiger charge is -1.93. The standard InChI is InChI=1S/C16H10N2O/c17-11-13(10-12-6-2-1-3-7-12)16-18-14-8-4-5-9-15(14)19-16/h1-10H/b13-10+. The normalized spacial score (nSPS) is 11.4. The van der Waals surface area contributed by atoms with Gasteiger partial charge in [0.25, 0.3) is 0 Å². The van der Waals surface area contributed by atoms with Gasteiger partial charge < -0.3 is 4.42 Å². The molecular formula is C16H10N2O. The minimum absolute atomic E-state index is 0.354. The molecule has 0 spiro atoms. The van der Waals surface area contributed by atoms with Crippen molar-refractivity contribution >= 4 is 22.7 Å². The Hall–Kier alpha value is -2.86. The Morgan fingerprint density at radius 1 is 1.05 bits per heavy atom. The number of hydrogen-bond donors (Lipinski definition) is 0. The summed E-state index contributed by atoms with van der Waals surface area (Å²) in [5, 5.41) is 9.25. The van der Waals surface area contributed by atoms with Gasteiger partial charge in [-0.25, -0.2) is 4.98 Å². The largest absolute Gasteiger partial charge is 0.435 e. The molecule has 2 aromatic carbocycles. The van der Waals surface area contributed by atoms with Crippen LogP contribution in [0.25, 0.3) is 22.7 Å². The van der Waals surface area contributed by atoms with E-state index in [9.17, 15) is 5.26 Å². The van der Waals surface area contributed by atoms with Crippen LogP contribution in [0.5, 0.6) is 0 Å². The third-order valence-corrected chi connectivity index (χ3v) is 2.76. The predicted octanol–water partition coefficient (Wildman–Crippen LogP) is 3.89. The van der Waals surface area contributed by atoms with E-state index >= 15 is 0 Å². The van der Waals surface area contributed by atoms with Crippen molar-refractivity contribution < 1.29 is 4.42 Å². The predicted molar refractivity (Wildman–Crippen MR) is 73.9 cm³/mol. The molecule has 0 bridgehead atoms. The van der Waals surface area contributed by atoms with E-state index in [2.05, 4.69) is 11.1 Å². The quantitative estimate of drug-likeness (QED) is 0.644. The second kappa shape index (κ2) is 4.79. The number of benzene rings is 2. The minimum atomic E-state index is 0.354. The van der Waals surface area contributed by atoms with Crippen molar-refractivity contribution in [2.24, 2.45) is 0 Å². The molecule has 0 aliphatic heterocycles. The molecule has 0 fully saturated rings. The lowest BCUT2D eigenvalue weighted by molar-refractivity contribution is 0.586. The van der Waals surface area contributed by atoms with Crippen LogP contribution in [0.2, 0.25) is 0 Å². The summed E-state index contributed by atoms with van der Waals surface area (Å²) in [4.78, 5) is 4.32. The summed E-state index contributed by atoms with van der Waals surface area (Å²) in [5.41, 5.74) is 2.81. The van der Waals surface area contributed by atoms with Crippen LogP contribution in [0.4, 0.5) is 0 Å². The van der Waals surface area contributed by atoms with E-state index in [0.717, 1.165) is 11.1 Å². The Labute approximate surface area is 110 Å². The summed E-state index contributed by atoms with van der Waals surface area (Å²) in [5.74, 6) is 0.354. The van der Waals surface area contributed by atoms with Crippen molar-refractivity contribution in [1.29, 1.82) is 5.26 Å². The Balaban J connectivity index is 2.08. The number of para-hydroxylation sites is 2. The fourth-order valence-corrected chi connectivity index (χ4v) is 1.85. The Morgan fingerprint density at radius 3 is 2.53 bits per heavy atom. The molecule has 90 valence electrons. The molecular weight excluding hydrogens is 236 g/mol. The second-order valence-corrected chi connectivity index (χ2v) is 4.07. The van der Waals surface area contributed by atoms with E-state index in [1.807, 2.05) is 54.6 Å². The first-order valence-corrected chi connectivity index (χ1v) is 5.89. The molecule has 3 rings (SSSR count). The molecule has 0 unspecified atom stereocenters. The zero-order chi connectivity index (χ0) is 13.1. The van der Waals surface area contributed by atoms with E-state index in [0.29, 0.717) is 17.0 Å². The van der Waals surface area contributed by atoms with Crippen LogP contribution >= 0.6 is 0 Å². The van der Waals surface area contributed by atoms with Gasteiger partial charge in [-0.3, -0.25) is 0 Å². The fraction of sp³-hybridized carbons (Fsp3) is 0. The van der Waals surface area contributed by atoms with Crippen LogP contribution in [0.3, 0.4) is 0 Å². The SMILES string of the molecule is N#C/C(=C\c1ccccc1)c1nc2ccccc2o1. The highest BCUT2D eigenvalue weighted by molar-refractivity contribution is 5.88. The van der Waals surface area contributed by atoms with Crippen molar-refractivity contribution in [3.8, 4) is 6.07 Å². The zero-order valence-electron chi connectivity index (χ0n) is 10.1. The summed E-state index contributed by atoms with van der Waals surface area (Å²) in [6.07, 6.45) is 1.77. The molecule has 0 saturated carbocycles. The molecule has 0 aliphatic rings. The van der Waals surface area contributed by atoms with Crippen molar-refractivity contribution in [2.45, 2.75) is 0 Å². The van der Waals surface area contributed by atoms with Gasteiger partial charge in [-0.15, -0.1) is 0 Å². The average Bonchev–Trinajstić information content (AvgIpc) is 2.89. The van der Waals surface area contributed by atoms with Gasteiger partial charge in [-0.1, -0.05) is 42.5 Å². The first-order valence-electron chi connectivity index (χ1n) is 5.89. The Morgan fingerprint density at radius 2 is 1.79 bits per heavy atom. The monoisotopic (exact) mass is 246 g/mol. The van der Waals surface area contributed by atoms with Gasteiger partial charge in [-0.2, -0.15) is 5.26 Å². The van der Waals surface area contributed by atoms with Gasteiger partial charge in [0, 0.05) is 0 Å². The summed E-state index contributed by atoms with van der Waals surface area (Å²) < 4.78 is 5.59. The molecule has 0 radical (unpaired) electrons. The fourth-order valence-electron chi connectivity index (χ4n) is 1.85. The number of hydrogen-bond acceptors (Lipinski definition) is 3. The summed E-state index contributed by atoms with van der Waals surface area (Å²) in [7, 11) is 0. The van der Waals surface area contributed by atoms with Crippen LogP contribution < -0.4 is 0 Å². The van der Waals surface area contributed by atoms with Crippen LogP contribution in [0.1, 0.15) is 11.5 Å². The van der Waals surface area contributed by atoms with E-state index in [1.54, 1.807) is 6.08 Å². The number of allylic oxidation sites excluding steroid dienone is 1. The molecule has 1 aromatic heterocycles. The topological polar surface area (TPSA) is 49.8 Å². The van der Waals surface area contributed by atoms with Gasteiger partial charge in [0.05, 0.1) is 0 Å². The molecule has 0 saturated heterocycles. The van der Waals surface area contributed by atoms with Gasteiger partial charge in [0.2, 0.25) is 5.89 Å². The molecule has 0 amide bonds. The highest BCUT2D eigenvalue weighted by Crippen LogP contribution is 2.22. The molecule has 1 heterocycles. The molecule has 0 atom stereocenters. The van der Waals surface area contributed by atoms with Crippen LogP contribution in [0.15, 0.2) is 59.0 Å². The van der Waals surface area contributed by atoms with Crippen LogP contribution in [0, 0.1) is 11.3 Å². The molecule has 3 aromatic rings. The van der Waals surface area contributed by atoms with Crippen LogP contribution in [-0.4, -0.2) is 4.98 Å². The number of nitrogens with zero attached hydrogens (tertiary/aromatic N) is 2. The van der Waals surface area contributed by atoms with E-state index in [-0.39, 0.29) is 0 Å². The van der Waals surface area contributed by atoms with Crippen molar-refractivity contribution in [1.82, 2.24) is 4.98 Å². The first-order chi connectivity index (χ1) is 9.36. The van der Waals surface area contributed by atoms with Crippen molar-refractivity contribution in [3.63, 3.8) is 0 Å². The number of rotatable bonds is 2. The van der Waals surface area contributed by atoms with Gasteiger partial charge in [0.1, 0.15) is 17.2 Å². The smallest absolute Gasteiger partial charge is 0.238 e. The number of nitriles is 1. The number of oxazole rings is 1. The lowest BCUT2D eigenvalue weighted by atomic mass is 10.1. The number of fused-ring (bicyclic) bond motifs is 1. The summed E-state index contributed by atoms with van der Waals surface area (Å²) >= 11 is 0. The summed E-state index contributed by atoms with van der Waals surface area (Å²) in [6.45, 7) is 0. The average molecular weight is 246 g/mol. The maximum absolute atomic E-state index is 9.25. The third-order valence-electron chi connectivity index (χ3n) is 2.76. The third kappa shape index (κ3) is 2.24. The zero-order valence-corrected chi connectivity index (χ0v) is 10.1. The van der Waals surface area contributed by atoms with E-state index < -0.39 is 0 Å². The summed E-state index contributed by atoms with van der Waals surface area (Å²) in [6, 6.07) is 19.2. The van der Waals surface area contributed by atoms with E-state index in [1.165, 1.54) is 0 Å². The van der Waals surface area contributed by atoms with Crippen molar-refractivity contribution in [2.75, 3.05) is 0 Å². The minimum Gasteiger partial charge on any atom is -0.435 e. The lowest BCUT2D eigenvalue weighted by Crippen LogP contribution is -1.81. The maximum atomic E-state index is 9.25. The molecule has 3 nitrogen and oxygen atoms in total. The molecule has 0 aliphatic carbocycles. The molecule has 0 N–H and O–H groups in total. The number of aromatic nitrogens is 1. The Kier molecular flexibility index (Phi) is 2.83. The van der Waals surface area contributed by atoms with Crippen molar-refractivity contribution in [3.05, 3.63) is 66.1 Å². The first kappa shape index (κ1) is 11.2. The van der Waals surface area contributed by atoms with Crippen LogP contribution in [-0.2, 0) is 0 Å². The highest BCUT2D eigenvalue weighted by atomic mass is 16.3.